The molecule has 0 saturated carbocycles. The van der Waals surface area contributed by atoms with Crippen molar-refractivity contribution in [3.05, 3.63) is 65.7 Å². The van der Waals surface area contributed by atoms with Gasteiger partial charge in [0.1, 0.15) is 6.61 Å². The summed E-state index contributed by atoms with van der Waals surface area (Å²) in [6.07, 6.45) is 0.832. The third-order valence-electron chi connectivity index (χ3n) is 3.46. The molecular formula is C18H20O4S. The van der Waals surface area contributed by atoms with Crippen LogP contribution in [-0.2, 0) is 25.8 Å². The van der Waals surface area contributed by atoms with Crippen LogP contribution < -0.4 is 0 Å². The first-order chi connectivity index (χ1) is 11.0. The quantitative estimate of drug-likeness (QED) is 0.732. The Hall–Kier alpha value is -2.14. The van der Waals surface area contributed by atoms with Crippen molar-refractivity contribution in [3.63, 3.8) is 0 Å². The van der Waals surface area contributed by atoms with Crippen LogP contribution in [0.1, 0.15) is 17.5 Å². The zero-order valence-electron chi connectivity index (χ0n) is 13.1. The molecule has 0 fully saturated rings. The third-order valence-corrected chi connectivity index (χ3v) is 5.15. The van der Waals surface area contributed by atoms with Crippen LogP contribution >= 0.6 is 0 Å². The van der Waals surface area contributed by atoms with Gasteiger partial charge in [0.2, 0.25) is 0 Å². The highest BCUT2D eigenvalue weighted by atomic mass is 32.2. The number of benzene rings is 2. The van der Waals surface area contributed by atoms with Gasteiger partial charge in [-0.2, -0.15) is 0 Å². The highest BCUT2D eigenvalue weighted by molar-refractivity contribution is 7.91. The molecule has 122 valence electrons. The molecule has 4 nitrogen and oxygen atoms in total. The summed E-state index contributed by atoms with van der Waals surface area (Å²) >= 11 is 0. The Morgan fingerprint density at radius 3 is 2.30 bits per heavy atom. The number of hydrogen-bond acceptors (Lipinski definition) is 4. The minimum absolute atomic E-state index is 0.121. The van der Waals surface area contributed by atoms with Crippen LogP contribution in [0.2, 0.25) is 0 Å². The maximum Gasteiger partial charge on any atom is 0.306 e. The molecule has 0 atom stereocenters. The van der Waals surface area contributed by atoms with Crippen molar-refractivity contribution in [2.75, 3.05) is 12.4 Å². The summed E-state index contributed by atoms with van der Waals surface area (Å²) in [6, 6.07) is 16.3. The van der Waals surface area contributed by atoms with Gasteiger partial charge in [-0.05, 0) is 31.0 Å². The molecule has 2 rings (SSSR count). The van der Waals surface area contributed by atoms with Crippen molar-refractivity contribution in [2.45, 2.75) is 24.7 Å². The maximum absolute atomic E-state index is 12.1. The number of hydrogen-bond donors (Lipinski definition) is 0. The van der Waals surface area contributed by atoms with Crippen molar-refractivity contribution in [3.8, 4) is 0 Å². The summed E-state index contributed by atoms with van der Waals surface area (Å²) in [5, 5.41) is 0. The molecule has 0 aliphatic carbocycles. The van der Waals surface area contributed by atoms with Crippen LogP contribution in [0.3, 0.4) is 0 Å². The molecule has 2 aromatic carbocycles. The number of sulfone groups is 1. The smallest absolute Gasteiger partial charge is 0.306 e. The SMILES string of the molecule is Cc1ccc(S(=O)(=O)CCOC(=O)CCc2ccccc2)cc1. The standard InChI is InChI=1S/C18H20O4S/c1-15-7-10-17(11-8-15)23(20,21)14-13-22-18(19)12-9-16-5-3-2-4-6-16/h2-8,10-11H,9,12-14H2,1H3. The van der Waals surface area contributed by atoms with Crippen LogP contribution in [-0.4, -0.2) is 26.7 Å². The van der Waals surface area contributed by atoms with Crippen molar-refractivity contribution in [1.82, 2.24) is 0 Å². The van der Waals surface area contributed by atoms with Crippen LogP contribution in [0.25, 0.3) is 0 Å². The van der Waals surface area contributed by atoms with E-state index in [2.05, 4.69) is 0 Å². The zero-order chi connectivity index (χ0) is 16.7. The Morgan fingerprint density at radius 1 is 1.00 bits per heavy atom. The lowest BCUT2D eigenvalue weighted by Gasteiger charge is -2.07. The molecule has 0 bridgehead atoms. The topological polar surface area (TPSA) is 60.4 Å². The van der Waals surface area contributed by atoms with Gasteiger partial charge in [0, 0.05) is 6.42 Å². The van der Waals surface area contributed by atoms with Crippen LogP contribution in [0.5, 0.6) is 0 Å². The Kier molecular flexibility index (Phi) is 5.93. The second-order valence-electron chi connectivity index (χ2n) is 5.34. The van der Waals surface area contributed by atoms with Gasteiger partial charge >= 0.3 is 5.97 Å². The molecule has 0 N–H and O–H groups in total. The fourth-order valence-corrected chi connectivity index (χ4v) is 3.18. The average molecular weight is 332 g/mol. The highest BCUT2D eigenvalue weighted by Crippen LogP contribution is 2.12. The van der Waals surface area contributed by atoms with E-state index >= 15 is 0 Å². The summed E-state index contributed by atoms with van der Waals surface area (Å²) in [5.74, 6) is -0.583. The Bertz CT molecular complexity index is 734. The second kappa shape index (κ2) is 7.92. The summed E-state index contributed by atoms with van der Waals surface area (Å²) in [6.45, 7) is 1.77. The molecule has 0 radical (unpaired) electrons. The monoisotopic (exact) mass is 332 g/mol. The number of rotatable bonds is 7. The van der Waals surface area contributed by atoms with E-state index in [-0.39, 0.29) is 29.6 Å². The Morgan fingerprint density at radius 2 is 1.65 bits per heavy atom. The lowest BCUT2D eigenvalue weighted by molar-refractivity contribution is -0.142. The predicted molar refractivity (Wildman–Crippen MR) is 89.0 cm³/mol. The van der Waals surface area contributed by atoms with E-state index in [9.17, 15) is 13.2 Å². The molecule has 0 aliphatic rings. The summed E-state index contributed by atoms with van der Waals surface area (Å²) in [5.41, 5.74) is 2.05. The molecule has 0 spiro atoms. The van der Waals surface area contributed by atoms with Gasteiger partial charge in [-0.3, -0.25) is 4.79 Å². The fraction of sp³-hybridized carbons (Fsp3) is 0.278. The van der Waals surface area contributed by atoms with Gasteiger partial charge in [0.25, 0.3) is 0 Å². The molecule has 23 heavy (non-hydrogen) atoms. The minimum atomic E-state index is -3.42. The fourth-order valence-electron chi connectivity index (χ4n) is 2.09. The van der Waals surface area contributed by atoms with Crippen molar-refractivity contribution < 1.29 is 17.9 Å². The van der Waals surface area contributed by atoms with Gasteiger partial charge in [-0.1, -0.05) is 48.0 Å². The zero-order valence-corrected chi connectivity index (χ0v) is 13.9. The average Bonchev–Trinajstić information content (AvgIpc) is 2.54. The molecule has 0 saturated heterocycles. The lowest BCUT2D eigenvalue weighted by atomic mass is 10.1. The van der Waals surface area contributed by atoms with Gasteiger partial charge < -0.3 is 4.74 Å². The molecule has 0 heterocycles. The van der Waals surface area contributed by atoms with Gasteiger partial charge in [-0.15, -0.1) is 0 Å². The van der Waals surface area contributed by atoms with Gasteiger partial charge in [-0.25, -0.2) is 8.42 Å². The van der Waals surface area contributed by atoms with E-state index in [1.54, 1.807) is 24.3 Å². The maximum atomic E-state index is 12.1. The van der Waals surface area contributed by atoms with Crippen molar-refractivity contribution >= 4 is 15.8 Å². The third kappa shape index (κ3) is 5.53. The Labute approximate surface area is 137 Å². The van der Waals surface area contributed by atoms with Gasteiger partial charge in [0.05, 0.1) is 10.6 Å². The van der Waals surface area contributed by atoms with E-state index in [1.807, 2.05) is 37.3 Å². The molecular weight excluding hydrogens is 312 g/mol. The van der Waals surface area contributed by atoms with E-state index in [0.717, 1.165) is 11.1 Å². The predicted octanol–water partition coefficient (Wildman–Crippen LogP) is 2.94. The number of carbonyl (C=O) groups excluding carboxylic acids is 1. The molecule has 2 aromatic rings. The van der Waals surface area contributed by atoms with Crippen molar-refractivity contribution in [1.29, 1.82) is 0 Å². The first-order valence-corrected chi connectivity index (χ1v) is 9.11. The van der Waals surface area contributed by atoms with Crippen LogP contribution in [0.4, 0.5) is 0 Å². The number of ether oxygens (including phenoxy) is 1. The molecule has 0 aromatic heterocycles. The van der Waals surface area contributed by atoms with Crippen LogP contribution in [0.15, 0.2) is 59.5 Å². The Balaban J connectivity index is 1.77. The van der Waals surface area contributed by atoms with E-state index in [1.165, 1.54) is 0 Å². The summed E-state index contributed by atoms with van der Waals surface area (Å²) < 4.78 is 29.3. The summed E-state index contributed by atoms with van der Waals surface area (Å²) in [4.78, 5) is 11.9. The first kappa shape index (κ1) is 17.2. The second-order valence-corrected chi connectivity index (χ2v) is 7.45. The lowest BCUT2D eigenvalue weighted by Crippen LogP contribution is -2.16. The highest BCUT2D eigenvalue weighted by Gasteiger charge is 2.15. The number of aryl methyl sites for hydroxylation is 2. The minimum Gasteiger partial charge on any atom is -0.465 e. The van der Waals surface area contributed by atoms with E-state index in [4.69, 9.17) is 4.74 Å². The van der Waals surface area contributed by atoms with Crippen LogP contribution in [0, 0.1) is 6.92 Å². The largest absolute Gasteiger partial charge is 0.465 e. The molecule has 0 amide bonds. The number of esters is 1. The van der Waals surface area contributed by atoms with E-state index in [0.29, 0.717) is 6.42 Å². The van der Waals surface area contributed by atoms with Gasteiger partial charge in [0.15, 0.2) is 9.84 Å². The molecule has 0 aliphatic heterocycles. The number of carbonyl (C=O) groups is 1. The molecule has 5 heteroatoms. The normalized spacial score (nSPS) is 11.2. The molecule has 0 unspecified atom stereocenters. The summed E-state index contributed by atoms with van der Waals surface area (Å²) in [7, 11) is -3.42. The first-order valence-electron chi connectivity index (χ1n) is 7.46. The van der Waals surface area contributed by atoms with Crippen molar-refractivity contribution in [2.24, 2.45) is 0 Å². The van der Waals surface area contributed by atoms with E-state index < -0.39 is 9.84 Å².